The third-order valence-electron chi connectivity index (χ3n) is 3.36. The summed E-state index contributed by atoms with van der Waals surface area (Å²) in [4.78, 5) is 20.7. The number of aromatic nitrogens is 4. The second-order valence-electron chi connectivity index (χ2n) is 4.63. The molecule has 1 saturated heterocycles. The van der Waals surface area contributed by atoms with E-state index in [0.717, 1.165) is 0 Å². The number of ether oxygens (including phenoxy) is 1. The number of aliphatic hydroxyl groups is 2. The largest absolute Gasteiger partial charge is 0.695 e. The summed E-state index contributed by atoms with van der Waals surface area (Å²) in [5.74, 6) is 0.168. The lowest BCUT2D eigenvalue weighted by molar-refractivity contribution is -0.0504. The van der Waals surface area contributed by atoms with Gasteiger partial charge in [-0.15, -0.1) is 9.42 Å². The monoisotopic (exact) mass is 330 g/mol. The molecule has 0 saturated carbocycles. The number of hydrogen-bond acceptors (Lipinski definition) is 9. The fourth-order valence-electron chi connectivity index (χ4n) is 2.39. The summed E-state index contributed by atoms with van der Waals surface area (Å²) in [6.45, 7) is -0.495. The highest BCUT2D eigenvalue weighted by molar-refractivity contribution is 7.32. The van der Waals surface area contributed by atoms with Crippen LogP contribution in [0.4, 0.5) is 5.82 Å². The van der Waals surface area contributed by atoms with Gasteiger partial charge in [0.25, 0.3) is 0 Å². The molecular weight excluding hydrogens is 317 g/mol. The van der Waals surface area contributed by atoms with E-state index in [1.54, 1.807) is 0 Å². The van der Waals surface area contributed by atoms with Crippen molar-refractivity contribution >= 4 is 25.2 Å². The Balaban J connectivity index is 1.97. The van der Waals surface area contributed by atoms with Gasteiger partial charge in [-0.1, -0.05) is 0 Å². The molecule has 22 heavy (non-hydrogen) atoms. The van der Waals surface area contributed by atoms with Crippen LogP contribution < -0.4 is 5.73 Å². The van der Waals surface area contributed by atoms with Gasteiger partial charge in [0, 0.05) is 4.57 Å². The zero-order valence-corrected chi connectivity index (χ0v) is 11.9. The molecule has 118 valence electrons. The van der Waals surface area contributed by atoms with Crippen LogP contribution in [0, 0.1) is 0 Å². The molecule has 3 unspecified atom stereocenters. The molecule has 0 aromatic carbocycles. The molecule has 1 fully saturated rings. The van der Waals surface area contributed by atoms with Crippen molar-refractivity contribution in [1.29, 1.82) is 0 Å². The molecule has 0 spiro atoms. The molecule has 12 heteroatoms. The third-order valence-corrected chi connectivity index (χ3v) is 3.79. The van der Waals surface area contributed by atoms with E-state index in [1.807, 2.05) is 0 Å². The Morgan fingerprint density at radius 2 is 2.23 bits per heavy atom. The molecule has 3 rings (SSSR count). The topological polar surface area (TPSA) is 166 Å². The number of rotatable bonds is 4. The minimum Gasteiger partial charge on any atom is -0.394 e. The first-order valence-electron chi connectivity index (χ1n) is 6.23. The number of nitrogens with two attached hydrogens (primary N) is 1. The molecule has 5 N–H and O–H groups in total. The lowest BCUT2D eigenvalue weighted by atomic mass is 10.1. The van der Waals surface area contributed by atoms with E-state index in [9.17, 15) is 14.8 Å². The zero-order valence-electron chi connectivity index (χ0n) is 11.1. The van der Waals surface area contributed by atoms with E-state index in [1.165, 1.54) is 17.2 Å². The number of nitrogens with zero attached hydrogens (tertiary/aromatic N) is 4. The van der Waals surface area contributed by atoms with E-state index in [-0.39, 0.29) is 5.82 Å². The summed E-state index contributed by atoms with van der Waals surface area (Å²) in [5, 5.41) is 19.6. The van der Waals surface area contributed by atoms with E-state index in [2.05, 4.69) is 15.0 Å². The van der Waals surface area contributed by atoms with E-state index in [4.69, 9.17) is 19.9 Å². The van der Waals surface area contributed by atoms with Gasteiger partial charge in [0.1, 0.15) is 24.1 Å². The number of fused-ring (bicyclic) bond motifs is 1. The zero-order chi connectivity index (χ0) is 15.9. The number of nitrogen functional groups attached to an aromatic ring is 1. The van der Waals surface area contributed by atoms with Crippen molar-refractivity contribution in [2.75, 3.05) is 12.3 Å². The number of aliphatic hydroxyl groups excluding tert-OH is 2. The van der Waals surface area contributed by atoms with E-state index in [0.29, 0.717) is 11.2 Å². The predicted octanol–water partition coefficient (Wildman–Crippen LogP) is -1.31. The summed E-state index contributed by atoms with van der Waals surface area (Å²) >= 11 is 0. The molecule has 0 amide bonds. The van der Waals surface area contributed by atoms with E-state index < -0.39 is 39.4 Å². The quantitative estimate of drug-likeness (QED) is 0.494. The minimum absolute atomic E-state index is 0.168. The van der Waals surface area contributed by atoms with Gasteiger partial charge in [-0.05, 0) is 0 Å². The first kappa shape index (κ1) is 15.2. The number of anilines is 1. The van der Waals surface area contributed by atoms with Crippen molar-refractivity contribution in [1.82, 2.24) is 19.5 Å². The summed E-state index contributed by atoms with van der Waals surface area (Å²) in [7, 11) is -2.96. The molecule has 2 aromatic heterocycles. The van der Waals surface area contributed by atoms with Crippen molar-refractivity contribution in [3.63, 3.8) is 0 Å². The molecule has 0 bridgehead atoms. The second kappa shape index (κ2) is 5.80. The van der Waals surface area contributed by atoms with Crippen LogP contribution in [-0.4, -0.2) is 59.5 Å². The molecule has 0 radical (unpaired) electrons. The smallest absolute Gasteiger partial charge is 0.394 e. The summed E-state index contributed by atoms with van der Waals surface area (Å²) in [5.41, 5.74) is 6.33. The Hall–Kier alpha value is -1.75. The Morgan fingerprint density at radius 1 is 1.45 bits per heavy atom. The van der Waals surface area contributed by atoms with Crippen molar-refractivity contribution in [3.8, 4) is 0 Å². The van der Waals surface area contributed by atoms with Gasteiger partial charge >= 0.3 is 8.25 Å². The number of imidazole rings is 1. The van der Waals surface area contributed by atoms with Crippen LogP contribution in [0.25, 0.3) is 11.2 Å². The lowest BCUT2D eigenvalue weighted by Gasteiger charge is -2.16. The molecule has 5 atom stereocenters. The maximum absolute atomic E-state index is 10.8. The normalized spacial score (nSPS) is 29.1. The molecule has 0 aliphatic carbocycles. The molecular formula is C10H13N5O6P+. The minimum atomic E-state index is -2.96. The van der Waals surface area contributed by atoms with Crippen LogP contribution in [-0.2, 0) is 13.8 Å². The van der Waals surface area contributed by atoms with Crippen molar-refractivity contribution in [2.24, 2.45) is 0 Å². The standard InChI is InChI=1S/C10H12N5O6P/c11-8-5-9(13-2-12-8)15(3-14-5)10-6(17)7(21-22(18)19)4(1-16)20-10/h2-4,6-7,10,16-17H,1H2,(H2-,11,12,13,18,19)/p+1/t4-,6?,7?,10-/m1/s1. The highest BCUT2D eigenvalue weighted by Crippen LogP contribution is 2.36. The van der Waals surface area contributed by atoms with Crippen LogP contribution in [0.1, 0.15) is 6.23 Å². The highest BCUT2D eigenvalue weighted by atomic mass is 31.1. The molecule has 1 aliphatic rings. The Kier molecular flexibility index (Phi) is 4.00. The molecule has 3 heterocycles. The highest BCUT2D eigenvalue weighted by Gasteiger charge is 2.50. The van der Waals surface area contributed by atoms with Gasteiger partial charge in [-0.25, -0.2) is 15.0 Å². The van der Waals surface area contributed by atoms with Gasteiger partial charge in [0.2, 0.25) is 0 Å². The van der Waals surface area contributed by atoms with Gasteiger partial charge in [0.05, 0.1) is 12.9 Å². The van der Waals surface area contributed by atoms with Crippen LogP contribution in [0.3, 0.4) is 0 Å². The summed E-state index contributed by atoms with van der Waals surface area (Å²) < 4.78 is 22.4. The summed E-state index contributed by atoms with van der Waals surface area (Å²) in [6, 6.07) is 0. The third kappa shape index (κ3) is 2.43. The first-order chi connectivity index (χ1) is 10.5. The van der Waals surface area contributed by atoms with Gasteiger partial charge < -0.3 is 20.7 Å². The van der Waals surface area contributed by atoms with Crippen molar-refractivity contribution < 1.29 is 28.9 Å². The van der Waals surface area contributed by atoms with Crippen LogP contribution >= 0.6 is 8.25 Å². The maximum atomic E-state index is 10.8. The maximum Gasteiger partial charge on any atom is 0.695 e. The van der Waals surface area contributed by atoms with Crippen molar-refractivity contribution in [2.45, 2.75) is 24.5 Å². The van der Waals surface area contributed by atoms with Crippen LogP contribution in [0.2, 0.25) is 0 Å². The van der Waals surface area contributed by atoms with Gasteiger partial charge in [-0.3, -0.25) is 4.57 Å². The summed E-state index contributed by atoms with van der Waals surface area (Å²) in [6.07, 6.45) is -1.87. The molecule has 2 aromatic rings. The van der Waals surface area contributed by atoms with Gasteiger partial charge in [0.15, 0.2) is 23.8 Å². The number of hydrogen-bond donors (Lipinski definition) is 4. The fraction of sp³-hybridized carbons (Fsp3) is 0.500. The Labute approximate surface area is 124 Å². The van der Waals surface area contributed by atoms with Gasteiger partial charge in [-0.2, -0.15) is 0 Å². The second-order valence-corrected chi connectivity index (χ2v) is 5.32. The fourth-order valence-corrected chi connectivity index (χ4v) is 2.86. The Bertz CT molecular complexity index is 710. The average molecular weight is 330 g/mol. The van der Waals surface area contributed by atoms with Crippen LogP contribution in [0.15, 0.2) is 12.7 Å². The SMILES string of the molecule is Nc1ncnc2c1ncn2[C@@H]1O[C@H](CO)C(O[P+](=O)O)C1O. The average Bonchev–Trinajstić information content (AvgIpc) is 3.02. The predicted molar refractivity (Wildman–Crippen MR) is 71.4 cm³/mol. The lowest BCUT2D eigenvalue weighted by Crippen LogP contribution is -2.34. The van der Waals surface area contributed by atoms with E-state index >= 15 is 0 Å². The first-order valence-corrected chi connectivity index (χ1v) is 7.36. The van der Waals surface area contributed by atoms with Crippen molar-refractivity contribution in [3.05, 3.63) is 12.7 Å². The Morgan fingerprint density at radius 3 is 2.91 bits per heavy atom. The molecule has 1 aliphatic heterocycles. The molecule has 11 nitrogen and oxygen atoms in total. The van der Waals surface area contributed by atoms with Crippen LogP contribution in [0.5, 0.6) is 0 Å².